The largest absolute Gasteiger partial charge is 0.377 e. The van der Waals surface area contributed by atoms with Crippen LogP contribution in [-0.4, -0.2) is 30.7 Å². The SMILES string of the molecule is CC1CN(Cc2cccc(C#N)c2F)CCCO1. The summed E-state index contributed by atoms with van der Waals surface area (Å²) in [5.41, 5.74) is 0.703. The van der Waals surface area contributed by atoms with Crippen molar-refractivity contribution in [3.8, 4) is 6.07 Å². The molecule has 96 valence electrons. The Morgan fingerprint density at radius 2 is 2.39 bits per heavy atom. The van der Waals surface area contributed by atoms with Crippen LogP contribution in [0.3, 0.4) is 0 Å². The van der Waals surface area contributed by atoms with Gasteiger partial charge in [0, 0.05) is 31.8 Å². The lowest BCUT2D eigenvalue weighted by Crippen LogP contribution is -2.30. The molecule has 0 amide bonds. The third-order valence-corrected chi connectivity index (χ3v) is 3.13. The van der Waals surface area contributed by atoms with Crippen LogP contribution in [0, 0.1) is 17.1 Å². The molecule has 0 spiro atoms. The summed E-state index contributed by atoms with van der Waals surface area (Å²) < 4.78 is 19.5. The number of benzene rings is 1. The van der Waals surface area contributed by atoms with Crippen molar-refractivity contribution >= 4 is 0 Å². The molecule has 18 heavy (non-hydrogen) atoms. The first kappa shape index (κ1) is 13.0. The Bertz CT molecular complexity index is 456. The van der Waals surface area contributed by atoms with E-state index in [9.17, 15) is 4.39 Å². The van der Waals surface area contributed by atoms with Gasteiger partial charge in [0.2, 0.25) is 0 Å². The van der Waals surface area contributed by atoms with E-state index >= 15 is 0 Å². The Morgan fingerprint density at radius 1 is 1.56 bits per heavy atom. The zero-order valence-corrected chi connectivity index (χ0v) is 10.5. The molecule has 1 aromatic carbocycles. The summed E-state index contributed by atoms with van der Waals surface area (Å²) in [5, 5.41) is 8.81. The van der Waals surface area contributed by atoms with Crippen molar-refractivity contribution in [1.29, 1.82) is 5.26 Å². The van der Waals surface area contributed by atoms with Gasteiger partial charge in [-0.05, 0) is 19.4 Å². The molecule has 1 saturated heterocycles. The number of rotatable bonds is 2. The lowest BCUT2D eigenvalue weighted by molar-refractivity contribution is 0.0666. The van der Waals surface area contributed by atoms with Gasteiger partial charge < -0.3 is 4.74 Å². The van der Waals surface area contributed by atoms with E-state index in [0.717, 1.165) is 26.1 Å². The molecule has 4 heteroatoms. The van der Waals surface area contributed by atoms with Crippen LogP contribution in [0.25, 0.3) is 0 Å². The van der Waals surface area contributed by atoms with Crippen LogP contribution in [0.4, 0.5) is 4.39 Å². The highest BCUT2D eigenvalue weighted by Crippen LogP contribution is 2.16. The molecule has 0 bridgehead atoms. The number of ether oxygens (including phenoxy) is 1. The first-order valence-corrected chi connectivity index (χ1v) is 6.22. The number of halogens is 1. The van der Waals surface area contributed by atoms with E-state index in [1.54, 1.807) is 12.1 Å². The Balaban J connectivity index is 2.11. The smallest absolute Gasteiger partial charge is 0.145 e. The molecule has 1 fully saturated rings. The van der Waals surface area contributed by atoms with Crippen molar-refractivity contribution in [2.75, 3.05) is 19.7 Å². The number of nitriles is 1. The average molecular weight is 248 g/mol. The van der Waals surface area contributed by atoms with Gasteiger partial charge in [-0.15, -0.1) is 0 Å². The van der Waals surface area contributed by atoms with Gasteiger partial charge in [0.1, 0.15) is 11.9 Å². The Labute approximate surface area is 107 Å². The summed E-state index contributed by atoms with van der Waals surface area (Å²) in [6.45, 7) is 5.03. The molecule has 1 atom stereocenters. The first-order valence-electron chi connectivity index (χ1n) is 6.22. The van der Waals surface area contributed by atoms with Crippen molar-refractivity contribution in [1.82, 2.24) is 4.90 Å². The summed E-state index contributed by atoms with van der Waals surface area (Å²) >= 11 is 0. The molecule has 0 radical (unpaired) electrons. The van der Waals surface area contributed by atoms with Crippen LogP contribution in [0.5, 0.6) is 0 Å². The highest BCUT2D eigenvalue weighted by atomic mass is 19.1. The van der Waals surface area contributed by atoms with Crippen molar-refractivity contribution < 1.29 is 9.13 Å². The third-order valence-electron chi connectivity index (χ3n) is 3.13. The van der Waals surface area contributed by atoms with E-state index in [1.807, 2.05) is 13.0 Å². The molecular formula is C14H17FN2O. The monoisotopic (exact) mass is 248 g/mol. The maximum Gasteiger partial charge on any atom is 0.145 e. The minimum atomic E-state index is -0.391. The minimum absolute atomic E-state index is 0.117. The molecule has 0 saturated carbocycles. The van der Waals surface area contributed by atoms with Crippen molar-refractivity contribution in [3.05, 3.63) is 35.1 Å². The fourth-order valence-electron chi connectivity index (χ4n) is 2.25. The van der Waals surface area contributed by atoms with Crippen molar-refractivity contribution in [2.24, 2.45) is 0 Å². The van der Waals surface area contributed by atoms with Crippen LogP contribution in [0.15, 0.2) is 18.2 Å². The topological polar surface area (TPSA) is 36.3 Å². The molecule has 1 aliphatic rings. The van der Waals surface area contributed by atoms with Gasteiger partial charge in [-0.2, -0.15) is 5.26 Å². The predicted octanol–water partition coefficient (Wildman–Crippen LogP) is 2.31. The fraction of sp³-hybridized carbons (Fsp3) is 0.500. The second-order valence-electron chi connectivity index (χ2n) is 4.66. The van der Waals surface area contributed by atoms with E-state index < -0.39 is 5.82 Å². The zero-order valence-electron chi connectivity index (χ0n) is 10.5. The van der Waals surface area contributed by atoms with Crippen LogP contribution in [0.1, 0.15) is 24.5 Å². The molecule has 0 aliphatic carbocycles. The zero-order chi connectivity index (χ0) is 13.0. The molecule has 1 aromatic rings. The maximum absolute atomic E-state index is 13.9. The van der Waals surface area contributed by atoms with Gasteiger partial charge in [0.15, 0.2) is 0 Å². The van der Waals surface area contributed by atoms with E-state index in [2.05, 4.69) is 4.90 Å². The van der Waals surface area contributed by atoms with E-state index in [-0.39, 0.29) is 11.7 Å². The molecule has 0 N–H and O–H groups in total. The summed E-state index contributed by atoms with van der Waals surface area (Å²) in [6.07, 6.45) is 1.14. The van der Waals surface area contributed by atoms with Gasteiger partial charge in [0.25, 0.3) is 0 Å². The quantitative estimate of drug-likeness (QED) is 0.805. The first-order chi connectivity index (χ1) is 8.70. The number of nitrogens with zero attached hydrogens (tertiary/aromatic N) is 2. The maximum atomic E-state index is 13.9. The molecular weight excluding hydrogens is 231 g/mol. The fourth-order valence-corrected chi connectivity index (χ4v) is 2.25. The van der Waals surface area contributed by atoms with Crippen LogP contribution in [0.2, 0.25) is 0 Å². The average Bonchev–Trinajstić information content (AvgIpc) is 2.56. The molecule has 1 aliphatic heterocycles. The summed E-state index contributed by atoms with van der Waals surface area (Å²) in [4.78, 5) is 2.18. The predicted molar refractivity (Wildman–Crippen MR) is 66.4 cm³/mol. The molecule has 3 nitrogen and oxygen atoms in total. The second-order valence-corrected chi connectivity index (χ2v) is 4.66. The standard InChI is InChI=1S/C14H17FN2O/c1-11-9-17(6-3-7-18-11)10-13-5-2-4-12(8-16)14(13)15/h2,4-5,11H,3,6-7,9-10H2,1H3. The molecule has 2 rings (SSSR count). The van der Waals surface area contributed by atoms with Gasteiger partial charge in [-0.25, -0.2) is 4.39 Å². The molecule has 1 heterocycles. The normalized spacial score (nSPS) is 21.3. The van der Waals surface area contributed by atoms with Gasteiger partial charge >= 0.3 is 0 Å². The highest BCUT2D eigenvalue weighted by Gasteiger charge is 2.17. The molecule has 1 unspecified atom stereocenters. The minimum Gasteiger partial charge on any atom is -0.377 e. The van der Waals surface area contributed by atoms with Gasteiger partial charge in [-0.3, -0.25) is 4.90 Å². The molecule has 0 aromatic heterocycles. The summed E-state index contributed by atoms with van der Waals surface area (Å²) in [5.74, 6) is -0.391. The Kier molecular flexibility index (Phi) is 4.29. The van der Waals surface area contributed by atoms with Crippen LogP contribution in [-0.2, 0) is 11.3 Å². The van der Waals surface area contributed by atoms with E-state index in [4.69, 9.17) is 10.00 Å². The lowest BCUT2D eigenvalue weighted by atomic mass is 10.1. The lowest BCUT2D eigenvalue weighted by Gasteiger charge is -2.22. The van der Waals surface area contributed by atoms with Gasteiger partial charge in [-0.1, -0.05) is 12.1 Å². The van der Waals surface area contributed by atoms with Crippen LogP contribution < -0.4 is 0 Å². The van der Waals surface area contributed by atoms with Crippen LogP contribution >= 0.6 is 0 Å². The van der Waals surface area contributed by atoms with E-state index in [0.29, 0.717) is 12.1 Å². The third kappa shape index (κ3) is 3.06. The van der Waals surface area contributed by atoms with Gasteiger partial charge in [0.05, 0.1) is 11.7 Å². The summed E-state index contributed by atoms with van der Waals surface area (Å²) in [7, 11) is 0. The number of hydrogen-bond donors (Lipinski definition) is 0. The van der Waals surface area contributed by atoms with E-state index in [1.165, 1.54) is 6.07 Å². The Morgan fingerprint density at radius 3 is 3.17 bits per heavy atom. The van der Waals surface area contributed by atoms with Crippen molar-refractivity contribution in [2.45, 2.75) is 26.0 Å². The number of hydrogen-bond acceptors (Lipinski definition) is 3. The highest BCUT2D eigenvalue weighted by molar-refractivity contribution is 5.34. The summed E-state index contributed by atoms with van der Waals surface area (Å²) in [6, 6.07) is 6.86. The second kappa shape index (κ2) is 5.94. The van der Waals surface area contributed by atoms with Crippen molar-refractivity contribution in [3.63, 3.8) is 0 Å². The Hall–Kier alpha value is -1.44.